The molecule has 0 unspecified atom stereocenters. The Balaban J connectivity index is 1.82. The highest BCUT2D eigenvalue weighted by Crippen LogP contribution is 2.23. The minimum Gasteiger partial charge on any atom is -0.351 e. The molecule has 2 aromatic rings. The van der Waals surface area contributed by atoms with Crippen molar-refractivity contribution in [2.24, 2.45) is 0 Å². The number of carbonyl (C=O) groups excluding carboxylic acids is 1. The lowest BCUT2D eigenvalue weighted by Gasteiger charge is -2.24. The van der Waals surface area contributed by atoms with Crippen LogP contribution in [0.4, 0.5) is 0 Å². The van der Waals surface area contributed by atoms with Crippen LogP contribution in [-0.2, 0) is 11.3 Å². The molecule has 156 valence electrons. The maximum Gasteiger partial charge on any atom is 0.262 e. The molecule has 6 heteroatoms. The molecule has 1 heterocycles. The van der Waals surface area contributed by atoms with Crippen molar-refractivity contribution in [1.82, 2.24) is 14.9 Å². The summed E-state index contributed by atoms with van der Waals surface area (Å²) in [4.78, 5) is 30.2. The average Bonchev–Trinajstić information content (AvgIpc) is 2.72. The number of thioether (sulfide) groups is 1. The number of allylic oxidation sites excluding steroid dienone is 2. The van der Waals surface area contributed by atoms with Gasteiger partial charge in [-0.2, -0.15) is 0 Å². The van der Waals surface area contributed by atoms with E-state index in [4.69, 9.17) is 4.98 Å². The van der Waals surface area contributed by atoms with Crippen LogP contribution < -0.4 is 10.9 Å². The zero-order chi connectivity index (χ0) is 20.9. The van der Waals surface area contributed by atoms with Crippen molar-refractivity contribution >= 4 is 28.6 Å². The Kier molecular flexibility index (Phi) is 7.17. The number of amides is 1. The number of carbonyl (C=O) groups is 1. The molecule has 1 amide bonds. The number of aromatic nitrogens is 2. The van der Waals surface area contributed by atoms with Crippen molar-refractivity contribution in [3.8, 4) is 0 Å². The normalized spacial score (nSPS) is 14.7. The van der Waals surface area contributed by atoms with Gasteiger partial charge in [0.25, 0.3) is 5.56 Å². The molecule has 0 aliphatic heterocycles. The van der Waals surface area contributed by atoms with E-state index in [0.717, 1.165) is 25.7 Å². The number of para-hydroxylation sites is 1. The van der Waals surface area contributed by atoms with Gasteiger partial charge in [0.05, 0.1) is 16.7 Å². The van der Waals surface area contributed by atoms with Gasteiger partial charge >= 0.3 is 0 Å². The van der Waals surface area contributed by atoms with Crippen LogP contribution in [0.5, 0.6) is 0 Å². The van der Waals surface area contributed by atoms with Gasteiger partial charge in [-0.15, -0.1) is 0 Å². The summed E-state index contributed by atoms with van der Waals surface area (Å²) in [6.07, 6.45) is 8.77. The van der Waals surface area contributed by atoms with E-state index in [1.165, 1.54) is 30.2 Å². The van der Waals surface area contributed by atoms with Crippen LogP contribution in [0.15, 0.2) is 45.9 Å². The van der Waals surface area contributed by atoms with Crippen molar-refractivity contribution in [2.75, 3.05) is 5.75 Å². The SMILES string of the molecule is CCC(C)(C)NC(=O)CSc1nc2ccccc2c(=O)n1CCC1=CCCCC1. The monoisotopic (exact) mass is 413 g/mol. The first-order valence-corrected chi connectivity index (χ1v) is 11.5. The van der Waals surface area contributed by atoms with Crippen molar-refractivity contribution in [1.29, 1.82) is 0 Å². The Bertz CT molecular complexity index is 962. The Morgan fingerprint density at radius 3 is 2.79 bits per heavy atom. The van der Waals surface area contributed by atoms with E-state index in [1.54, 1.807) is 4.57 Å². The van der Waals surface area contributed by atoms with Crippen LogP contribution in [0.2, 0.25) is 0 Å². The van der Waals surface area contributed by atoms with Gasteiger partial charge in [-0.25, -0.2) is 4.98 Å². The smallest absolute Gasteiger partial charge is 0.262 e. The van der Waals surface area contributed by atoms with Crippen molar-refractivity contribution in [3.63, 3.8) is 0 Å². The zero-order valence-corrected chi connectivity index (χ0v) is 18.5. The number of nitrogens with one attached hydrogen (secondary N) is 1. The van der Waals surface area contributed by atoms with Crippen LogP contribution in [0, 0.1) is 0 Å². The summed E-state index contributed by atoms with van der Waals surface area (Å²) in [5, 5.41) is 4.30. The van der Waals surface area contributed by atoms with E-state index < -0.39 is 0 Å². The summed E-state index contributed by atoms with van der Waals surface area (Å²) in [5.41, 5.74) is 1.85. The highest BCUT2D eigenvalue weighted by molar-refractivity contribution is 7.99. The Hall–Kier alpha value is -2.08. The molecule has 1 aromatic heterocycles. The number of hydrogen-bond donors (Lipinski definition) is 1. The quantitative estimate of drug-likeness (QED) is 0.388. The predicted octanol–water partition coefficient (Wildman–Crippen LogP) is 4.68. The van der Waals surface area contributed by atoms with Crippen LogP contribution >= 0.6 is 11.8 Å². The third kappa shape index (κ3) is 5.72. The van der Waals surface area contributed by atoms with Crippen molar-refractivity contribution < 1.29 is 4.79 Å². The molecular weight excluding hydrogens is 382 g/mol. The third-order valence-electron chi connectivity index (χ3n) is 5.56. The Morgan fingerprint density at radius 1 is 1.28 bits per heavy atom. The van der Waals surface area contributed by atoms with Crippen LogP contribution in [0.3, 0.4) is 0 Å². The maximum absolute atomic E-state index is 13.1. The molecule has 0 fully saturated rings. The van der Waals surface area contributed by atoms with Gasteiger partial charge in [0.15, 0.2) is 5.16 Å². The second kappa shape index (κ2) is 9.61. The highest BCUT2D eigenvalue weighted by atomic mass is 32.2. The molecule has 0 saturated heterocycles. The molecule has 3 rings (SSSR count). The third-order valence-corrected chi connectivity index (χ3v) is 6.54. The highest BCUT2D eigenvalue weighted by Gasteiger charge is 2.19. The minimum atomic E-state index is -0.235. The van der Waals surface area contributed by atoms with Crippen LogP contribution in [0.25, 0.3) is 10.9 Å². The zero-order valence-electron chi connectivity index (χ0n) is 17.7. The van der Waals surface area contributed by atoms with Gasteiger partial charge in [-0.1, -0.05) is 42.5 Å². The molecule has 1 N–H and O–H groups in total. The lowest BCUT2D eigenvalue weighted by atomic mass is 9.97. The number of nitrogens with zero attached hydrogens (tertiary/aromatic N) is 2. The maximum atomic E-state index is 13.1. The van der Waals surface area contributed by atoms with Gasteiger partial charge in [0, 0.05) is 12.1 Å². The summed E-state index contributed by atoms with van der Waals surface area (Å²) < 4.78 is 1.75. The van der Waals surface area contributed by atoms with Gasteiger partial charge in [0.1, 0.15) is 0 Å². The summed E-state index contributed by atoms with van der Waals surface area (Å²) in [6.45, 7) is 6.68. The van der Waals surface area contributed by atoms with Crippen LogP contribution in [-0.4, -0.2) is 26.8 Å². The predicted molar refractivity (Wildman–Crippen MR) is 120 cm³/mol. The first-order chi connectivity index (χ1) is 13.9. The molecule has 1 aliphatic carbocycles. The number of rotatable bonds is 8. The molecule has 1 aromatic carbocycles. The molecule has 5 nitrogen and oxygen atoms in total. The summed E-state index contributed by atoms with van der Waals surface area (Å²) >= 11 is 1.34. The lowest BCUT2D eigenvalue weighted by molar-refractivity contribution is -0.120. The van der Waals surface area contributed by atoms with Crippen LogP contribution in [0.1, 0.15) is 59.3 Å². The second-order valence-electron chi connectivity index (χ2n) is 8.30. The first-order valence-electron chi connectivity index (χ1n) is 10.5. The fourth-order valence-electron chi connectivity index (χ4n) is 3.47. The standard InChI is InChI=1S/C23H31N3O2S/c1-4-23(2,3)25-20(27)16-29-22-24-19-13-9-8-12-18(19)21(28)26(22)15-14-17-10-6-5-7-11-17/h8-10,12-13H,4-7,11,14-16H2,1-3H3,(H,25,27). The number of fused-ring (bicyclic) bond motifs is 1. The molecule has 0 saturated carbocycles. The van der Waals surface area contributed by atoms with E-state index in [2.05, 4.69) is 18.3 Å². The van der Waals surface area contributed by atoms with Gasteiger partial charge in [-0.05, 0) is 64.5 Å². The number of hydrogen-bond acceptors (Lipinski definition) is 4. The molecule has 29 heavy (non-hydrogen) atoms. The van der Waals surface area contributed by atoms with E-state index in [-0.39, 0.29) is 22.8 Å². The van der Waals surface area contributed by atoms with Gasteiger partial charge in [0.2, 0.25) is 5.91 Å². The summed E-state index contributed by atoms with van der Waals surface area (Å²) in [5.74, 6) is 0.211. The Morgan fingerprint density at radius 2 is 2.07 bits per heavy atom. The van der Waals surface area contributed by atoms with Crippen molar-refractivity contribution in [3.05, 3.63) is 46.3 Å². The topological polar surface area (TPSA) is 64.0 Å². The van der Waals surface area contributed by atoms with Gasteiger partial charge < -0.3 is 5.32 Å². The van der Waals surface area contributed by atoms with E-state index >= 15 is 0 Å². The molecule has 0 spiro atoms. The van der Waals surface area contributed by atoms with Gasteiger partial charge in [-0.3, -0.25) is 14.2 Å². The van der Waals surface area contributed by atoms with E-state index in [0.29, 0.717) is 22.6 Å². The van der Waals surface area contributed by atoms with Crippen molar-refractivity contribution in [2.45, 2.75) is 76.5 Å². The molecular formula is C23H31N3O2S. The molecule has 0 radical (unpaired) electrons. The average molecular weight is 414 g/mol. The molecule has 1 aliphatic rings. The van der Waals surface area contributed by atoms with E-state index in [9.17, 15) is 9.59 Å². The largest absolute Gasteiger partial charge is 0.351 e. The molecule has 0 bridgehead atoms. The van der Waals surface area contributed by atoms with E-state index in [1.807, 2.05) is 38.1 Å². The fraction of sp³-hybridized carbons (Fsp3) is 0.522. The minimum absolute atomic E-state index is 0.0243. The second-order valence-corrected chi connectivity index (χ2v) is 9.24. The lowest BCUT2D eigenvalue weighted by Crippen LogP contribution is -2.43. The molecule has 0 atom stereocenters. The summed E-state index contributed by atoms with van der Waals surface area (Å²) in [6, 6.07) is 7.43. The Labute approximate surface area is 177 Å². The number of benzene rings is 1. The first kappa shape index (κ1) is 21.6. The summed E-state index contributed by atoms with van der Waals surface area (Å²) in [7, 11) is 0. The fourth-order valence-corrected chi connectivity index (χ4v) is 4.30.